The minimum atomic E-state index is 0.629. The molecular weight excluding hydrogens is 212 g/mol. The second-order valence-electron chi connectivity index (χ2n) is 4.83. The van der Waals surface area contributed by atoms with Crippen LogP contribution in [0.1, 0.15) is 36.8 Å². The highest BCUT2D eigenvalue weighted by atomic mass is 16.5. The van der Waals surface area contributed by atoms with Gasteiger partial charge in [-0.2, -0.15) is 0 Å². The van der Waals surface area contributed by atoms with Crippen molar-refractivity contribution in [2.75, 3.05) is 18.5 Å². The second-order valence-corrected chi connectivity index (χ2v) is 4.83. The lowest BCUT2D eigenvalue weighted by Crippen LogP contribution is -2.16. The zero-order chi connectivity index (χ0) is 11.7. The van der Waals surface area contributed by atoms with E-state index in [0.717, 1.165) is 6.54 Å². The van der Waals surface area contributed by atoms with E-state index in [1.807, 2.05) is 0 Å². The lowest BCUT2D eigenvalue weighted by molar-refractivity contribution is 0.346. The molecule has 3 rings (SSSR count). The highest BCUT2D eigenvalue weighted by molar-refractivity contribution is 5.91. The van der Waals surface area contributed by atoms with E-state index < -0.39 is 0 Å². The Kier molecular flexibility index (Phi) is 2.75. The average molecular weight is 230 g/mol. The Labute approximate surface area is 102 Å². The van der Waals surface area contributed by atoms with E-state index in [1.165, 1.54) is 36.1 Å². The van der Waals surface area contributed by atoms with Crippen LogP contribution in [0.2, 0.25) is 0 Å². The number of aryl methyl sites for hydroxylation is 1. The fraction of sp³-hybridized carbons (Fsp3) is 0.500. The molecule has 1 aliphatic carbocycles. The van der Waals surface area contributed by atoms with Crippen molar-refractivity contribution in [2.24, 2.45) is 4.99 Å². The van der Waals surface area contributed by atoms with E-state index in [-0.39, 0.29) is 0 Å². The number of hydrogen-bond donors (Lipinski definition) is 1. The molecule has 0 spiro atoms. The molecule has 1 atom stereocenters. The van der Waals surface area contributed by atoms with Crippen LogP contribution in [0.25, 0.3) is 0 Å². The first kappa shape index (κ1) is 10.6. The molecule has 0 saturated heterocycles. The molecular formula is C14H18N2O. The molecule has 1 heterocycles. The molecule has 17 heavy (non-hydrogen) atoms. The van der Waals surface area contributed by atoms with Crippen molar-refractivity contribution in [3.05, 3.63) is 29.3 Å². The van der Waals surface area contributed by atoms with Gasteiger partial charge in [-0.1, -0.05) is 19.1 Å². The summed E-state index contributed by atoms with van der Waals surface area (Å²) in [5.41, 5.74) is 4.11. The molecule has 0 amide bonds. The van der Waals surface area contributed by atoms with Crippen LogP contribution in [0.15, 0.2) is 23.2 Å². The first-order valence-corrected chi connectivity index (χ1v) is 6.40. The molecule has 0 radical (unpaired) electrons. The number of benzene rings is 1. The number of nitrogens with zero attached hydrogens (tertiary/aromatic N) is 1. The van der Waals surface area contributed by atoms with Gasteiger partial charge in [0.25, 0.3) is 6.02 Å². The summed E-state index contributed by atoms with van der Waals surface area (Å²) in [6.07, 6.45) is 3.77. The summed E-state index contributed by atoms with van der Waals surface area (Å²) in [7, 11) is 0. The molecule has 3 heteroatoms. The molecule has 3 nitrogen and oxygen atoms in total. The summed E-state index contributed by atoms with van der Waals surface area (Å²) in [4.78, 5) is 4.29. The molecule has 0 fully saturated rings. The van der Waals surface area contributed by atoms with Gasteiger partial charge in [-0.05, 0) is 42.4 Å². The highest BCUT2D eigenvalue weighted by Crippen LogP contribution is 2.36. The largest absolute Gasteiger partial charge is 0.463 e. The molecule has 1 aliphatic heterocycles. The lowest BCUT2D eigenvalue weighted by atomic mass is 9.83. The van der Waals surface area contributed by atoms with Gasteiger partial charge in [0, 0.05) is 5.69 Å². The van der Waals surface area contributed by atoms with E-state index in [1.54, 1.807) is 0 Å². The first-order chi connectivity index (χ1) is 8.34. The third-order valence-electron chi connectivity index (χ3n) is 3.60. The zero-order valence-corrected chi connectivity index (χ0v) is 10.2. The molecule has 1 unspecified atom stereocenters. The Morgan fingerprint density at radius 1 is 1.41 bits per heavy atom. The molecule has 1 aromatic rings. The van der Waals surface area contributed by atoms with Gasteiger partial charge in [-0.15, -0.1) is 0 Å². The van der Waals surface area contributed by atoms with Gasteiger partial charge >= 0.3 is 0 Å². The Bertz CT molecular complexity index is 454. The molecule has 0 bridgehead atoms. The number of rotatable bonds is 1. The standard InChI is InChI=1S/C14H18N2O/c1-10-4-2-5-11-6-3-7-12(13(10)11)16-14-15-8-9-17-14/h3,6-7,10H,2,4-5,8-9H2,1H3,(H,15,16). The van der Waals surface area contributed by atoms with Gasteiger partial charge < -0.3 is 10.1 Å². The van der Waals surface area contributed by atoms with Crippen LogP contribution >= 0.6 is 0 Å². The van der Waals surface area contributed by atoms with Crippen LogP contribution in [-0.4, -0.2) is 19.2 Å². The summed E-state index contributed by atoms with van der Waals surface area (Å²) in [6.45, 7) is 3.78. The van der Waals surface area contributed by atoms with Gasteiger partial charge in [-0.3, -0.25) is 0 Å². The van der Waals surface area contributed by atoms with E-state index in [9.17, 15) is 0 Å². The van der Waals surface area contributed by atoms with Crippen LogP contribution in [0.4, 0.5) is 5.69 Å². The van der Waals surface area contributed by atoms with Crippen molar-refractivity contribution in [1.29, 1.82) is 0 Å². The third-order valence-corrected chi connectivity index (χ3v) is 3.60. The summed E-state index contributed by atoms with van der Waals surface area (Å²) >= 11 is 0. The maximum absolute atomic E-state index is 5.42. The molecule has 1 N–H and O–H groups in total. The Morgan fingerprint density at radius 2 is 2.35 bits per heavy atom. The van der Waals surface area contributed by atoms with Crippen molar-refractivity contribution < 1.29 is 4.74 Å². The van der Waals surface area contributed by atoms with Gasteiger partial charge in [-0.25, -0.2) is 4.99 Å². The number of hydrogen-bond acceptors (Lipinski definition) is 3. The summed E-state index contributed by atoms with van der Waals surface area (Å²) in [6, 6.07) is 7.17. The monoisotopic (exact) mass is 230 g/mol. The van der Waals surface area contributed by atoms with E-state index in [0.29, 0.717) is 18.5 Å². The van der Waals surface area contributed by atoms with Gasteiger partial charge in [0.1, 0.15) is 6.61 Å². The van der Waals surface area contributed by atoms with E-state index in [2.05, 4.69) is 35.4 Å². The van der Waals surface area contributed by atoms with E-state index >= 15 is 0 Å². The van der Waals surface area contributed by atoms with Crippen molar-refractivity contribution >= 4 is 11.7 Å². The van der Waals surface area contributed by atoms with Crippen LogP contribution in [-0.2, 0) is 11.2 Å². The minimum Gasteiger partial charge on any atom is -0.463 e. The lowest BCUT2D eigenvalue weighted by Gasteiger charge is -2.25. The molecule has 0 aromatic heterocycles. The Balaban J connectivity index is 1.93. The van der Waals surface area contributed by atoms with Crippen LogP contribution in [0.3, 0.4) is 0 Å². The smallest absolute Gasteiger partial charge is 0.289 e. The van der Waals surface area contributed by atoms with Gasteiger partial charge in [0.15, 0.2) is 0 Å². The topological polar surface area (TPSA) is 33.6 Å². The van der Waals surface area contributed by atoms with Crippen molar-refractivity contribution in [2.45, 2.75) is 32.1 Å². The van der Waals surface area contributed by atoms with Crippen LogP contribution in [0.5, 0.6) is 0 Å². The highest BCUT2D eigenvalue weighted by Gasteiger charge is 2.20. The van der Waals surface area contributed by atoms with Crippen LogP contribution in [0, 0.1) is 0 Å². The number of ether oxygens (including phenoxy) is 1. The number of amidine groups is 1. The van der Waals surface area contributed by atoms with Crippen LogP contribution < -0.4 is 5.32 Å². The summed E-state index contributed by atoms with van der Waals surface area (Å²) in [5.74, 6) is 0.629. The average Bonchev–Trinajstić information content (AvgIpc) is 2.82. The molecule has 0 saturated carbocycles. The number of fused-ring (bicyclic) bond motifs is 1. The first-order valence-electron chi connectivity index (χ1n) is 6.40. The van der Waals surface area contributed by atoms with Gasteiger partial charge in [0.05, 0.1) is 6.54 Å². The number of anilines is 1. The number of nitrogens with one attached hydrogen (secondary N) is 1. The SMILES string of the molecule is CC1CCCc2cccc(NC3=NCCO3)c21. The zero-order valence-electron chi connectivity index (χ0n) is 10.2. The normalized spacial score (nSPS) is 22.6. The fourth-order valence-electron chi connectivity index (χ4n) is 2.79. The van der Waals surface area contributed by atoms with Crippen molar-refractivity contribution in [1.82, 2.24) is 0 Å². The predicted octanol–water partition coefficient (Wildman–Crippen LogP) is 2.92. The predicted molar refractivity (Wildman–Crippen MR) is 69.7 cm³/mol. The Hall–Kier alpha value is -1.51. The van der Waals surface area contributed by atoms with Gasteiger partial charge in [0.2, 0.25) is 0 Å². The minimum absolute atomic E-state index is 0.629. The maximum Gasteiger partial charge on any atom is 0.289 e. The van der Waals surface area contributed by atoms with Crippen molar-refractivity contribution in [3.8, 4) is 0 Å². The summed E-state index contributed by atoms with van der Waals surface area (Å²) in [5, 5.41) is 3.33. The third kappa shape index (κ3) is 2.02. The summed E-state index contributed by atoms with van der Waals surface area (Å²) < 4.78 is 5.42. The van der Waals surface area contributed by atoms with Crippen molar-refractivity contribution in [3.63, 3.8) is 0 Å². The molecule has 90 valence electrons. The number of aliphatic imine (C=N–C) groups is 1. The quantitative estimate of drug-likeness (QED) is 0.804. The molecule has 1 aromatic carbocycles. The second kappa shape index (κ2) is 4.40. The fourth-order valence-corrected chi connectivity index (χ4v) is 2.79. The Morgan fingerprint density at radius 3 is 3.18 bits per heavy atom. The molecule has 2 aliphatic rings. The van der Waals surface area contributed by atoms with E-state index in [4.69, 9.17) is 4.74 Å². The maximum atomic E-state index is 5.42.